The van der Waals surface area contributed by atoms with Crippen LogP contribution in [-0.2, 0) is 15.9 Å². The van der Waals surface area contributed by atoms with E-state index in [4.69, 9.17) is 14.5 Å². The van der Waals surface area contributed by atoms with Crippen LogP contribution in [0.1, 0.15) is 38.7 Å². The standard InChI is InChI=1S/C22H27N3O3/c1-22(2,3)28-21(26)23-14-13-19-24-20(18-10-5-6-15-25(18)19)16-8-7-9-17(27-4)12-11-16/h5-11,15H,12-14H2,1-4H3,(H,23,26). The Bertz CT molecular complexity index is 946. The summed E-state index contributed by atoms with van der Waals surface area (Å²) in [6.07, 6.45) is 11.0. The SMILES string of the molecule is COC1=CC=CC(c2nc(CCNC(=O)OC(C)(C)C)n3ccccc23)=CC1. The van der Waals surface area contributed by atoms with Gasteiger partial charge in [0, 0.05) is 25.6 Å². The molecule has 28 heavy (non-hydrogen) atoms. The van der Waals surface area contributed by atoms with E-state index in [1.54, 1.807) is 7.11 Å². The van der Waals surface area contributed by atoms with E-state index in [1.165, 1.54) is 0 Å². The average Bonchev–Trinajstić information content (AvgIpc) is 2.83. The molecule has 0 radical (unpaired) electrons. The van der Waals surface area contributed by atoms with Crippen molar-refractivity contribution in [1.29, 1.82) is 0 Å². The average molecular weight is 381 g/mol. The van der Waals surface area contributed by atoms with Crippen LogP contribution < -0.4 is 5.32 Å². The molecule has 0 fully saturated rings. The summed E-state index contributed by atoms with van der Waals surface area (Å²) in [5, 5.41) is 2.80. The van der Waals surface area contributed by atoms with Crippen LogP contribution in [0.3, 0.4) is 0 Å². The van der Waals surface area contributed by atoms with Crippen molar-refractivity contribution in [3.8, 4) is 0 Å². The lowest BCUT2D eigenvalue weighted by Gasteiger charge is -2.19. The number of allylic oxidation sites excluding steroid dienone is 5. The van der Waals surface area contributed by atoms with Gasteiger partial charge in [-0.3, -0.25) is 0 Å². The van der Waals surface area contributed by atoms with Gasteiger partial charge in [0.1, 0.15) is 11.4 Å². The van der Waals surface area contributed by atoms with Crippen LogP contribution >= 0.6 is 0 Å². The fourth-order valence-corrected chi connectivity index (χ4v) is 3.01. The summed E-state index contributed by atoms with van der Waals surface area (Å²) < 4.78 is 12.7. The molecule has 1 N–H and O–H groups in total. The molecule has 148 valence electrons. The minimum absolute atomic E-state index is 0.416. The van der Waals surface area contributed by atoms with Crippen molar-refractivity contribution in [2.45, 2.75) is 39.2 Å². The number of alkyl carbamates (subject to hydrolysis) is 1. The Hall–Kier alpha value is -3.02. The van der Waals surface area contributed by atoms with E-state index in [1.807, 2.05) is 57.3 Å². The Kier molecular flexibility index (Phi) is 5.87. The lowest BCUT2D eigenvalue weighted by Crippen LogP contribution is -2.33. The number of amides is 1. The first-order valence-electron chi connectivity index (χ1n) is 9.42. The van der Waals surface area contributed by atoms with E-state index in [0.717, 1.165) is 34.8 Å². The summed E-state index contributed by atoms with van der Waals surface area (Å²) in [5.74, 6) is 1.80. The van der Waals surface area contributed by atoms with Crippen LogP contribution in [-0.4, -0.2) is 34.7 Å². The van der Waals surface area contributed by atoms with Crippen molar-refractivity contribution in [2.24, 2.45) is 0 Å². The second-order valence-corrected chi connectivity index (χ2v) is 7.57. The van der Waals surface area contributed by atoms with Crippen LogP contribution in [0.5, 0.6) is 0 Å². The number of fused-ring (bicyclic) bond motifs is 1. The summed E-state index contributed by atoms with van der Waals surface area (Å²) in [6, 6.07) is 6.03. The van der Waals surface area contributed by atoms with Crippen molar-refractivity contribution in [2.75, 3.05) is 13.7 Å². The number of carbonyl (C=O) groups excluding carboxylic acids is 1. The van der Waals surface area contributed by atoms with Crippen molar-refractivity contribution < 1.29 is 14.3 Å². The minimum atomic E-state index is -0.509. The number of rotatable bonds is 5. The van der Waals surface area contributed by atoms with Crippen molar-refractivity contribution in [3.05, 3.63) is 66.0 Å². The summed E-state index contributed by atoms with van der Waals surface area (Å²) in [5.41, 5.74) is 2.50. The van der Waals surface area contributed by atoms with E-state index < -0.39 is 11.7 Å². The normalized spacial score (nSPS) is 14.3. The van der Waals surface area contributed by atoms with Gasteiger partial charge in [-0.2, -0.15) is 0 Å². The Morgan fingerprint density at radius 1 is 1.32 bits per heavy atom. The van der Waals surface area contributed by atoms with Crippen LogP contribution in [0.15, 0.2) is 54.5 Å². The van der Waals surface area contributed by atoms with E-state index in [2.05, 4.69) is 21.9 Å². The highest BCUT2D eigenvalue weighted by molar-refractivity contribution is 5.82. The second kappa shape index (κ2) is 8.33. The zero-order valence-corrected chi connectivity index (χ0v) is 16.9. The van der Waals surface area contributed by atoms with E-state index in [-0.39, 0.29) is 0 Å². The van der Waals surface area contributed by atoms with Crippen LogP contribution in [0.2, 0.25) is 0 Å². The molecule has 6 heteroatoms. The number of ether oxygens (including phenoxy) is 2. The van der Waals surface area contributed by atoms with Gasteiger partial charge in [-0.1, -0.05) is 24.3 Å². The minimum Gasteiger partial charge on any atom is -0.501 e. The summed E-state index contributed by atoms with van der Waals surface area (Å²) in [7, 11) is 1.68. The third kappa shape index (κ3) is 4.82. The maximum absolute atomic E-state index is 11.9. The summed E-state index contributed by atoms with van der Waals surface area (Å²) in [4.78, 5) is 16.7. The molecule has 0 unspecified atom stereocenters. The molecule has 6 nitrogen and oxygen atoms in total. The van der Waals surface area contributed by atoms with Crippen LogP contribution in [0.4, 0.5) is 4.79 Å². The number of carbonyl (C=O) groups is 1. The molecule has 0 bridgehead atoms. The van der Waals surface area contributed by atoms with Crippen molar-refractivity contribution in [3.63, 3.8) is 0 Å². The second-order valence-electron chi connectivity index (χ2n) is 7.57. The smallest absolute Gasteiger partial charge is 0.407 e. The fourth-order valence-electron chi connectivity index (χ4n) is 3.01. The fraction of sp³-hybridized carbons (Fsp3) is 0.364. The predicted octanol–water partition coefficient (Wildman–Crippen LogP) is 4.28. The van der Waals surface area contributed by atoms with E-state index >= 15 is 0 Å². The molecule has 0 saturated carbocycles. The van der Waals surface area contributed by atoms with E-state index in [9.17, 15) is 4.79 Å². The van der Waals surface area contributed by atoms with E-state index in [0.29, 0.717) is 13.0 Å². The lowest BCUT2D eigenvalue weighted by molar-refractivity contribution is 0.0528. The number of imidazole rings is 1. The van der Waals surface area contributed by atoms with Gasteiger partial charge in [0.15, 0.2) is 0 Å². The Balaban J connectivity index is 1.78. The molecule has 0 aromatic carbocycles. The Morgan fingerprint density at radius 2 is 2.14 bits per heavy atom. The Morgan fingerprint density at radius 3 is 2.89 bits per heavy atom. The van der Waals surface area contributed by atoms with Gasteiger partial charge in [-0.25, -0.2) is 9.78 Å². The molecule has 1 amide bonds. The molecule has 3 rings (SSSR count). The highest BCUT2D eigenvalue weighted by atomic mass is 16.6. The van der Waals surface area contributed by atoms with Crippen molar-refractivity contribution >= 4 is 17.2 Å². The molecule has 0 aliphatic heterocycles. The topological polar surface area (TPSA) is 64.9 Å². The first-order valence-corrected chi connectivity index (χ1v) is 9.42. The molecular formula is C22H27N3O3. The number of aromatic nitrogens is 2. The van der Waals surface area contributed by atoms with Gasteiger partial charge < -0.3 is 19.2 Å². The zero-order chi connectivity index (χ0) is 20.1. The maximum Gasteiger partial charge on any atom is 0.407 e. The van der Waals surface area contributed by atoms with Gasteiger partial charge in [-0.15, -0.1) is 0 Å². The highest BCUT2D eigenvalue weighted by Crippen LogP contribution is 2.25. The number of nitrogens with zero attached hydrogens (tertiary/aromatic N) is 2. The molecule has 0 saturated heterocycles. The lowest BCUT2D eigenvalue weighted by atomic mass is 10.1. The number of nitrogens with one attached hydrogen (secondary N) is 1. The third-order valence-corrected chi connectivity index (χ3v) is 4.25. The predicted molar refractivity (Wildman–Crippen MR) is 110 cm³/mol. The third-order valence-electron chi connectivity index (χ3n) is 4.25. The molecular weight excluding hydrogens is 354 g/mol. The van der Waals surface area contributed by atoms with Crippen molar-refractivity contribution in [1.82, 2.24) is 14.7 Å². The molecule has 0 atom stereocenters. The first-order chi connectivity index (χ1) is 13.4. The number of pyridine rings is 1. The van der Waals surface area contributed by atoms with Gasteiger partial charge >= 0.3 is 6.09 Å². The first kappa shape index (κ1) is 19.7. The molecule has 2 aromatic heterocycles. The molecule has 2 heterocycles. The molecule has 1 aliphatic carbocycles. The van der Waals surface area contributed by atoms with Gasteiger partial charge in [0.2, 0.25) is 0 Å². The summed E-state index contributed by atoms with van der Waals surface area (Å²) >= 11 is 0. The number of methoxy groups -OCH3 is 1. The van der Waals surface area contributed by atoms with Gasteiger partial charge in [-0.05, 0) is 44.6 Å². The number of hydrogen-bond acceptors (Lipinski definition) is 4. The van der Waals surface area contributed by atoms with Gasteiger partial charge in [0.05, 0.1) is 24.1 Å². The summed E-state index contributed by atoms with van der Waals surface area (Å²) in [6.45, 7) is 5.99. The van der Waals surface area contributed by atoms with Gasteiger partial charge in [0.25, 0.3) is 0 Å². The maximum atomic E-state index is 11.9. The molecule has 1 aliphatic rings. The van der Waals surface area contributed by atoms with Crippen LogP contribution in [0, 0.1) is 0 Å². The molecule has 0 spiro atoms. The molecule has 2 aromatic rings. The highest BCUT2D eigenvalue weighted by Gasteiger charge is 2.17. The monoisotopic (exact) mass is 381 g/mol. The number of hydrogen-bond donors (Lipinski definition) is 1. The van der Waals surface area contributed by atoms with Crippen LogP contribution in [0.25, 0.3) is 11.1 Å². The Labute approximate surface area is 165 Å². The largest absolute Gasteiger partial charge is 0.501 e. The quantitative estimate of drug-likeness (QED) is 0.840. The zero-order valence-electron chi connectivity index (χ0n) is 16.9.